The molecule has 0 N–H and O–H groups in total. The van der Waals surface area contributed by atoms with Crippen LogP contribution in [0.4, 0.5) is 0 Å². The fraction of sp³-hybridized carbons (Fsp3) is 0. The number of hydrogen-bond acceptors (Lipinski definition) is 8. The first-order chi connectivity index (χ1) is 25.2. The van der Waals surface area contributed by atoms with E-state index in [2.05, 4.69) is 0 Å². The second-order valence-corrected chi connectivity index (χ2v) is 13.1. The molecule has 0 aromatic heterocycles. The first-order valence-corrected chi connectivity index (χ1v) is 16.3. The third kappa shape index (κ3) is 6.52. The molecule has 0 fully saturated rings. The summed E-state index contributed by atoms with van der Waals surface area (Å²) in [6, 6.07) is 32.0. The Morgan fingerprint density at radius 2 is 0.500 bits per heavy atom. The maximum Gasteiger partial charge on any atom is 1.00 e. The van der Waals surface area contributed by atoms with Gasteiger partial charge in [0.15, 0.2) is 0 Å². The molecule has 0 unspecified atom stereocenters. The summed E-state index contributed by atoms with van der Waals surface area (Å²) in [4.78, 5) is 48.7. The second-order valence-electron chi connectivity index (χ2n) is 13.1. The number of carboxylic acid groups (broad SMARTS) is 4. The van der Waals surface area contributed by atoms with Crippen molar-refractivity contribution >= 4 is 110 Å². The normalized spacial score (nSPS) is 11.2. The maximum atomic E-state index is 12.2. The molecular formula is C44H18K4O8. The summed E-state index contributed by atoms with van der Waals surface area (Å²) in [7, 11) is 0. The molecule has 0 atom stereocenters. The zero-order chi connectivity index (χ0) is 35.7. The van der Waals surface area contributed by atoms with E-state index in [4.69, 9.17) is 0 Å². The van der Waals surface area contributed by atoms with Crippen molar-refractivity contribution in [2.75, 3.05) is 0 Å². The van der Waals surface area contributed by atoms with E-state index < -0.39 is 23.9 Å². The molecule has 0 radical (unpaired) electrons. The summed E-state index contributed by atoms with van der Waals surface area (Å²) in [5.74, 6) is -5.92. The average Bonchev–Trinajstić information content (AvgIpc) is 3.14. The van der Waals surface area contributed by atoms with Gasteiger partial charge in [-0.15, -0.1) is 0 Å². The fourth-order valence-corrected chi connectivity index (χ4v) is 8.75. The molecule has 10 aromatic rings. The summed E-state index contributed by atoms with van der Waals surface area (Å²) in [6.45, 7) is 0. The predicted molar refractivity (Wildman–Crippen MR) is 192 cm³/mol. The zero-order valence-electron chi connectivity index (χ0n) is 30.7. The van der Waals surface area contributed by atoms with Gasteiger partial charge in [0.05, 0.1) is 23.9 Å². The summed E-state index contributed by atoms with van der Waals surface area (Å²) >= 11 is 0. The van der Waals surface area contributed by atoms with E-state index in [0.29, 0.717) is 32.3 Å². The summed E-state index contributed by atoms with van der Waals surface area (Å²) in [5, 5.41) is 59.6. The van der Waals surface area contributed by atoms with E-state index in [1.54, 1.807) is 24.3 Å². The molecule has 12 heteroatoms. The summed E-state index contributed by atoms with van der Waals surface area (Å²) in [5.41, 5.74) is 0.966. The smallest absolute Gasteiger partial charge is 0.545 e. The van der Waals surface area contributed by atoms with Gasteiger partial charge in [-0.25, -0.2) is 0 Å². The molecule has 0 spiro atoms. The summed E-state index contributed by atoms with van der Waals surface area (Å²) in [6.07, 6.45) is 0. The molecule has 0 saturated carbocycles. The van der Waals surface area contributed by atoms with E-state index in [1.165, 1.54) is 24.3 Å². The van der Waals surface area contributed by atoms with Crippen molar-refractivity contribution in [1.82, 2.24) is 0 Å². The number of aromatic carboxylic acids is 4. The quantitative estimate of drug-likeness (QED) is 0.0941. The molecule has 10 aromatic carbocycles. The van der Waals surface area contributed by atoms with Gasteiger partial charge in [0, 0.05) is 33.0 Å². The Morgan fingerprint density at radius 3 is 0.786 bits per heavy atom. The summed E-state index contributed by atoms with van der Waals surface area (Å²) < 4.78 is 0. The molecule has 0 aliphatic rings. The van der Waals surface area contributed by atoms with Crippen LogP contribution in [0.3, 0.4) is 0 Å². The van der Waals surface area contributed by atoms with Crippen LogP contribution in [-0.2, 0) is 0 Å². The van der Waals surface area contributed by atoms with E-state index in [-0.39, 0.29) is 239 Å². The first-order valence-electron chi connectivity index (χ1n) is 16.3. The van der Waals surface area contributed by atoms with Gasteiger partial charge in [-0.3, -0.25) is 0 Å². The van der Waals surface area contributed by atoms with Crippen LogP contribution in [0.1, 0.15) is 41.4 Å². The van der Waals surface area contributed by atoms with Crippen molar-refractivity contribution in [1.29, 1.82) is 0 Å². The van der Waals surface area contributed by atoms with Crippen LogP contribution in [0.25, 0.3) is 97.3 Å². The van der Waals surface area contributed by atoms with Crippen LogP contribution in [0.15, 0.2) is 109 Å². The predicted octanol–water partition coefficient (Wildman–Crippen LogP) is -7.08. The number of hydrogen-bond donors (Lipinski definition) is 0. The van der Waals surface area contributed by atoms with Crippen LogP contribution < -0.4 is 226 Å². The molecule has 0 amide bonds. The minimum atomic E-state index is -1.48. The average molecular weight is 831 g/mol. The van der Waals surface area contributed by atoms with Crippen LogP contribution in [0.2, 0.25) is 0 Å². The molecule has 0 heterocycles. The molecule has 0 saturated heterocycles. The minimum absolute atomic E-state index is 0. The van der Waals surface area contributed by atoms with Gasteiger partial charge in [0.25, 0.3) is 0 Å². The standard InChI is InChI=1S/C44H22O8.4K/c45-41(46)31-15-11-27-23-5-1-3-21-19(7-9-25(35(21)23)29-13-17-33(43(49)50)39(31)37(27)29)20-8-10-26-30-14-18-34(44(51)52)40-32(42(47)48)16-12-28(38(30)40)24-6-2-4-22(20)36(24)26;;;;/h1-18H,(H,45,46)(H,47,48)(H,49,50)(H,51,52);;;;/q;4*+1/p-4. The molecule has 10 rings (SSSR count). The van der Waals surface area contributed by atoms with Gasteiger partial charge in [0.2, 0.25) is 0 Å². The van der Waals surface area contributed by atoms with Crippen molar-refractivity contribution in [3.05, 3.63) is 131 Å². The zero-order valence-corrected chi connectivity index (χ0v) is 43.2. The Balaban J connectivity index is 0.00000133. The molecule has 56 heavy (non-hydrogen) atoms. The van der Waals surface area contributed by atoms with Crippen LogP contribution in [-0.4, -0.2) is 23.9 Å². The molecule has 8 nitrogen and oxygen atoms in total. The van der Waals surface area contributed by atoms with Crippen molar-refractivity contribution in [3.63, 3.8) is 0 Å². The topological polar surface area (TPSA) is 161 Å². The second kappa shape index (κ2) is 16.9. The number of benzene rings is 10. The number of carboxylic acids is 4. The molecule has 0 bridgehead atoms. The number of carbonyl (C=O) groups excluding carboxylic acids is 4. The van der Waals surface area contributed by atoms with E-state index in [1.807, 2.05) is 60.7 Å². The Bertz CT molecular complexity index is 2960. The van der Waals surface area contributed by atoms with E-state index in [9.17, 15) is 39.6 Å². The Labute approximate surface area is 487 Å². The number of rotatable bonds is 5. The minimum Gasteiger partial charge on any atom is -0.545 e. The van der Waals surface area contributed by atoms with Gasteiger partial charge in [0.1, 0.15) is 0 Å². The molecule has 246 valence electrons. The Morgan fingerprint density at radius 1 is 0.268 bits per heavy atom. The third-order valence-corrected chi connectivity index (χ3v) is 10.7. The Hall–Kier alpha value is -0.775. The largest absolute Gasteiger partial charge is 1.00 e. The van der Waals surface area contributed by atoms with Crippen LogP contribution in [0, 0.1) is 0 Å². The van der Waals surface area contributed by atoms with Crippen molar-refractivity contribution in [2.24, 2.45) is 0 Å². The van der Waals surface area contributed by atoms with Gasteiger partial charge >= 0.3 is 206 Å². The SMILES string of the molecule is O=C([O-])c1ccc2c3cccc4c(-c5ccc6c7ccc(C(=O)[O-])c8c(C(=O)[O-])ccc(c9cccc5c96)c87)ccc(c5ccc(C(=O)[O-])c1c25)c43.[K+].[K+].[K+].[K+]. The molecule has 0 aliphatic carbocycles. The maximum absolute atomic E-state index is 12.2. The van der Waals surface area contributed by atoms with Crippen molar-refractivity contribution in [2.45, 2.75) is 0 Å². The van der Waals surface area contributed by atoms with Gasteiger partial charge in [-0.2, -0.15) is 0 Å². The monoisotopic (exact) mass is 830 g/mol. The number of fused-ring (bicyclic) bond motifs is 4. The van der Waals surface area contributed by atoms with Crippen molar-refractivity contribution in [3.8, 4) is 11.1 Å². The van der Waals surface area contributed by atoms with Crippen molar-refractivity contribution < 1.29 is 245 Å². The third-order valence-electron chi connectivity index (χ3n) is 10.7. The number of carbonyl (C=O) groups is 4. The molecule has 0 aliphatic heterocycles. The van der Waals surface area contributed by atoms with Gasteiger partial charge in [-0.05, 0) is 86.5 Å². The first kappa shape index (κ1) is 44.8. The molecular weight excluding hydrogens is 813 g/mol. The van der Waals surface area contributed by atoms with E-state index >= 15 is 0 Å². The van der Waals surface area contributed by atoms with Crippen LogP contribution in [0.5, 0.6) is 0 Å². The van der Waals surface area contributed by atoms with Gasteiger partial charge in [-0.1, -0.05) is 109 Å². The van der Waals surface area contributed by atoms with Crippen LogP contribution >= 0.6 is 0 Å². The fourth-order valence-electron chi connectivity index (χ4n) is 8.75. The van der Waals surface area contributed by atoms with E-state index in [0.717, 1.165) is 54.2 Å². The van der Waals surface area contributed by atoms with Gasteiger partial charge < -0.3 is 39.6 Å². The Kier molecular flexibility index (Phi) is 13.5.